The molecule has 1 heterocycles. The number of halogens is 1. The van der Waals surface area contributed by atoms with E-state index < -0.39 is 6.09 Å². The number of carbonyl (C=O) groups is 2. The molecule has 0 spiro atoms. The summed E-state index contributed by atoms with van der Waals surface area (Å²) in [6.07, 6.45) is -0.694. The van der Waals surface area contributed by atoms with E-state index in [0.29, 0.717) is 28.6 Å². The lowest BCUT2D eigenvalue weighted by atomic mass is 10.1. The standard InChI is InChI=1S/C25H24ClN3O4/c26-20-11-19(13-22(14-20)29-25(31)33-16-17-5-2-1-3-6-17)24(30)28-21-8-4-7-18(12-21)23-15-27-9-10-32-23/h1-8,11-14,23,27H,9-10,15-16H2,(H,28,30)(H,29,31)/t23-/m1/s1. The number of ether oxygens (including phenoxy) is 2. The van der Waals surface area contributed by atoms with Gasteiger partial charge in [-0.1, -0.05) is 54.1 Å². The fourth-order valence-corrected chi connectivity index (χ4v) is 3.70. The van der Waals surface area contributed by atoms with E-state index in [0.717, 1.165) is 24.2 Å². The number of hydrogen-bond donors (Lipinski definition) is 3. The monoisotopic (exact) mass is 465 g/mol. The molecule has 8 heteroatoms. The molecule has 1 aliphatic rings. The van der Waals surface area contributed by atoms with Crippen LogP contribution in [0.25, 0.3) is 0 Å². The van der Waals surface area contributed by atoms with Crippen LogP contribution < -0.4 is 16.0 Å². The number of rotatable bonds is 6. The highest BCUT2D eigenvalue weighted by molar-refractivity contribution is 6.31. The number of benzene rings is 3. The van der Waals surface area contributed by atoms with Crippen LogP contribution >= 0.6 is 11.6 Å². The van der Waals surface area contributed by atoms with Crippen LogP contribution in [-0.2, 0) is 16.1 Å². The summed E-state index contributed by atoms with van der Waals surface area (Å²) in [5, 5.41) is 9.10. The summed E-state index contributed by atoms with van der Waals surface area (Å²) in [7, 11) is 0. The van der Waals surface area contributed by atoms with Crippen molar-refractivity contribution in [1.29, 1.82) is 0 Å². The molecule has 0 saturated carbocycles. The van der Waals surface area contributed by atoms with Gasteiger partial charge in [0.2, 0.25) is 0 Å². The first kappa shape index (κ1) is 22.8. The molecule has 4 rings (SSSR count). The van der Waals surface area contributed by atoms with Gasteiger partial charge in [-0.05, 0) is 41.5 Å². The summed E-state index contributed by atoms with van der Waals surface area (Å²) in [6.45, 7) is 2.34. The molecule has 170 valence electrons. The Hall–Kier alpha value is -3.39. The van der Waals surface area contributed by atoms with Crippen LogP contribution in [0.15, 0.2) is 72.8 Å². The second-order valence-corrected chi connectivity index (χ2v) is 7.99. The molecular formula is C25H24ClN3O4. The maximum Gasteiger partial charge on any atom is 0.411 e. The molecule has 0 bridgehead atoms. The zero-order valence-electron chi connectivity index (χ0n) is 17.8. The minimum Gasteiger partial charge on any atom is -0.444 e. The van der Waals surface area contributed by atoms with Crippen molar-refractivity contribution < 1.29 is 19.1 Å². The Bertz CT molecular complexity index is 1120. The van der Waals surface area contributed by atoms with E-state index in [1.165, 1.54) is 6.07 Å². The molecule has 1 fully saturated rings. The minimum absolute atomic E-state index is 0.0560. The van der Waals surface area contributed by atoms with E-state index in [1.54, 1.807) is 12.1 Å². The van der Waals surface area contributed by atoms with Crippen LogP contribution in [0.4, 0.5) is 16.2 Å². The summed E-state index contributed by atoms with van der Waals surface area (Å²) in [4.78, 5) is 25.0. The number of morpholine rings is 1. The summed E-state index contributed by atoms with van der Waals surface area (Å²) >= 11 is 6.18. The highest BCUT2D eigenvalue weighted by Crippen LogP contribution is 2.24. The van der Waals surface area contributed by atoms with Crippen LogP contribution in [0, 0.1) is 0 Å². The first-order valence-electron chi connectivity index (χ1n) is 10.6. The summed E-state index contributed by atoms with van der Waals surface area (Å²) in [6, 6.07) is 21.5. The number of anilines is 2. The van der Waals surface area contributed by atoms with Crippen molar-refractivity contribution in [1.82, 2.24) is 5.32 Å². The maximum atomic E-state index is 12.8. The second kappa shape index (κ2) is 11.0. The number of carbonyl (C=O) groups excluding carboxylic acids is 2. The van der Waals surface area contributed by atoms with Gasteiger partial charge in [0, 0.05) is 35.1 Å². The van der Waals surface area contributed by atoms with Gasteiger partial charge in [0.1, 0.15) is 6.61 Å². The van der Waals surface area contributed by atoms with Crippen molar-refractivity contribution in [3.05, 3.63) is 94.5 Å². The largest absolute Gasteiger partial charge is 0.444 e. The van der Waals surface area contributed by atoms with Crippen molar-refractivity contribution >= 4 is 35.0 Å². The molecule has 1 atom stereocenters. The Kier molecular flexibility index (Phi) is 7.57. The Balaban J connectivity index is 1.39. The first-order chi connectivity index (χ1) is 16.1. The van der Waals surface area contributed by atoms with Crippen molar-refractivity contribution in [2.45, 2.75) is 12.7 Å². The van der Waals surface area contributed by atoms with Gasteiger partial charge in [-0.25, -0.2) is 4.79 Å². The third kappa shape index (κ3) is 6.55. The van der Waals surface area contributed by atoms with Crippen LogP contribution in [0.1, 0.15) is 27.6 Å². The van der Waals surface area contributed by atoms with Gasteiger partial charge >= 0.3 is 6.09 Å². The molecule has 33 heavy (non-hydrogen) atoms. The van der Waals surface area contributed by atoms with E-state index in [4.69, 9.17) is 21.1 Å². The number of amides is 2. The van der Waals surface area contributed by atoms with Gasteiger partial charge in [-0.15, -0.1) is 0 Å². The van der Waals surface area contributed by atoms with Gasteiger partial charge < -0.3 is 20.1 Å². The van der Waals surface area contributed by atoms with Crippen LogP contribution in [0.2, 0.25) is 5.02 Å². The second-order valence-electron chi connectivity index (χ2n) is 7.56. The topological polar surface area (TPSA) is 88.7 Å². The van der Waals surface area contributed by atoms with E-state index in [1.807, 2.05) is 54.6 Å². The fourth-order valence-electron chi connectivity index (χ4n) is 3.47. The van der Waals surface area contributed by atoms with Gasteiger partial charge in [0.25, 0.3) is 5.91 Å². The van der Waals surface area contributed by atoms with Gasteiger partial charge in [0.15, 0.2) is 0 Å². The van der Waals surface area contributed by atoms with Crippen molar-refractivity contribution in [2.75, 3.05) is 30.3 Å². The van der Waals surface area contributed by atoms with E-state index >= 15 is 0 Å². The fraction of sp³-hybridized carbons (Fsp3) is 0.200. The lowest BCUT2D eigenvalue weighted by Crippen LogP contribution is -2.33. The normalized spacial score (nSPS) is 15.5. The zero-order valence-corrected chi connectivity index (χ0v) is 18.6. The summed E-state index contributed by atoms with van der Waals surface area (Å²) in [5.74, 6) is -0.349. The van der Waals surface area contributed by atoms with E-state index in [2.05, 4.69) is 16.0 Å². The SMILES string of the molecule is O=C(Nc1cc(Cl)cc(C(=O)Nc2cccc([C@H]3CNCCO3)c2)c1)OCc1ccccc1. The first-order valence-corrected chi connectivity index (χ1v) is 11.0. The molecule has 3 aromatic rings. The zero-order chi connectivity index (χ0) is 23.0. The maximum absolute atomic E-state index is 12.8. The molecule has 3 N–H and O–H groups in total. The summed E-state index contributed by atoms with van der Waals surface area (Å²) in [5.41, 5.74) is 3.16. The molecule has 0 unspecified atom stereocenters. The van der Waals surface area contributed by atoms with E-state index in [-0.39, 0.29) is 18.6 Å². The van der Waals surface area contributed by atoms with Gasteiger partial charge in [-0.2, -0.15) is 0 Å². The molecule has 0 radical (unpaired) electrons. The molecule has 3 aromatic carbocycles. The molecule has 1 saturated heterocycles. The van der Waals surface area contributed by atoms with Gasteiger partial charge in [0.05, 0.1) is 12.7 Å². The Morgan fingerprint density at radius 1 is 1.00 bits per heavy atom. The Labute approximate surface area is 197 Å². The Morgan fingerprint density at radius 2 is 1.85 bits per heavy atom. The average molecular weight is 466 g/mol. The molecule has 0 aliphatic carbocycles. The van der Waals surface area contributed by atoms with Crippen molar-refractivity contribution in [3.63, 3.8) is 0 Å². The van der Waals surface area contributed by atoms with Crippen molar-refractivity contribution in [2.24, 2.45) is 0 Å². The average Bonchev–Trinajstić information content (AvgIpc) is 2.84. The molecular weight excluding hydrogens is 442 g/mol. The highest BCUT2D eigenvalue weighted by Gasteiger charge is 2.17. The number of nitrogens with one attached hydrogen (secondary N) is 3. The quantitative estimate of drug-likeness (QED) is 0.476. The van der Waals surface area contributed by atoms with E-state index in [9.17, 15) is 9.59 Å². The van der Waals surface area contributed by atoms with Gasteiger partial charge in [-0.3, -0.25) is 10.1 Å². The molecule has 1 aliphatic heterocycles. The lowest BCUT2D eigenvalue weighted by Gasteiger charge is -2.24. The molecule has 2 amide bonds. The Morgan fingerprint density at radius 3 is 2.64 bits per heavy atom. The third-order valence-electron chi connectivity index (χ3n) is 5.06. The van der Waals surface area contributed by atoms with Crippen molar-refractivity contribution in [3.8, 4) is 0 Å². The molecule has 0 aromatic heterocycles. The molecule has 7 nitrogen and oxygen atoms in total. The van der Waals surface area contributed by atoms with Crippen LogP contribution in [0.5, 0.6) is 0 Å². The third-order valence-corrected chi connectivity index (χ3v) is 5.28. The summed E-state index contributed by atoms with van der Waals surface area (Å²) < 4.78 is 11.0. The highest BCUT2D eigenvalue weighted by atomic mass is 35.5. The predicted molar refractivity (Wildman–Crippen MR) is 128 cm³/mol. The number of hydrogen-bond acceptors (Lipinski definition) is 5. The van der Waals surface area contributed by atoms with Crippen LogP contribution in [0.3, 0.4) is 0 Å². The minimum atomic E-state index is -0.638. The predicted octanol–water partition coefficient (Wildman–Crippen LogP) is 5.00. The lowest BCUT2D eigenvalue weighted by molar-refractivity contribution is 0.0277. The van der Waals surface area contributed by atoms with Crippen LogP contribution in [-0.4, -0.2) is 31.7 Å². The smallest absolute Gasteiger partial charge is 0.411 e.